The average Bonchev–Trinajstić information content (AvgIpc) is 2.41. The van der Waals surface area contributed by atoms with Gasteiger partial charge in [-0.2, -0.15) is 0 Å². The monoisotopic (exact) mass is 277 g/mol. The van der Waals surface area contributed by atoms with Crippen molar-refractivity contribution in [3.8, 4) is 0 Å². The van der Waals surface area contributed by atoms with Crippen LogP contribution in [0.4, 0.5) is 0 Å². The maximum Gasteiger partial charge on any atom is 0.225 e. The molecule has 0 aliphatic rings. The summed E-state index contributed by atoms with van der Waals surface area (Å²) in [5.41, 5.74) is 7.99. The van der Waals surface area contributed by atoms with Crippen LogP contribution in [0.25, 0.3) is 0 Å². The number of nitrogens with zero attached hydrogens (tertiary/aromatic N) is 1. The molecular formula is C15H23N3O2. The van der Waals surface area contributed by atoms with Gasteiger partial charge in [-0.25, -0.2) is 0 Å². The lowest BCUT2D eigenvalue weighted by Crippen LogP contribution is -2.55. The molecule has 1 aromatic rings. The molecular weight excluding hydrogens is 254 g/mol. The Morgan fingerprint density at radius 2 is 2.10 bits per heavy atom. The summed E-state index contributed by atoms with van der Waals surface area (Å²) in [6.45, 7) is 7.58. The molecule has 1 atom stereocenters. The first-order chi connectivity index (χ1) is 9.32. The van der Waals surface area contributed by atoms with Gasteiger partial charge in [0.05, 0.1) is 12.0 Å². The lowest BCUT2D eigenvalue weighted by atomic mass is 9.96. The number of oxime groups is 1. The number of nitrogens with two attached hydrogens (primary N) is 1. The molecule has 0 saturated heterocycles. The Hall–Kier alpha value is -2.04. The Bertz CT molecular complexity index is 526. The molecule has 1 aromatic carbocycles. The topological polar surface area (TPSA) is 87.7 Å². The third kappa shape index (κ3) is 3.73. The van der Waals surface area contributed by atoms with Crippen LogP contribution < -0.4 is 11.1 Å². The fourth-order valence-electron chi connectivity index (χ4n) is 1.96. The summed E-state index contributed by atoms with van der Waals surface area (Å²) in [5.74, 6) is -0.135. The van der Waals surface area contributed by atoms with Crippen LogP contribution in [0.2, 0.25) is 0 Å². The fraction of sp³-hybridized carbons (Fsp3) is 0.467. The van der Waals surface area contributed by atoms with Crippen LogP contribution in [0.3, 0.4) is 0 Å². The van der Waals surface area contributed by atoms with Crippen LogP contribution in [0.5, 0.6) is 0 Å². The van der Waals surface area contributed by atoms with E-state index in [4.69, 9.17) is 10.9 Å². The molecule has 1 rings (SSSR count). The number of aryl methyl sites for hydroxylation is 2. The van der Waals surface area contributed by atoms with Gasteiger partial charge in [0.15, 0.2) is 5.84 Å². The quantitative estimate of drug-likeness (QED) is 0.332. The molecule has 4 N–H and O–H groups in total. The van der Waals surface area contributed by atoms with Gasteiger partial charge in [-0.1, -0.05) is 35.8 Å². The van der Waals surface area contributed by atoms with E-state index in [2.05, 4.69) is 10.5 Å². The first kappa shape index (κ1) is 16.0. The highest BCUT2D eigenvalue weighted by molar-refractivity contribution is 5.93. The Balaban J connectivity index is 2.84. The van der Waals surface area contributed by atoms with Crippen molar-refractivity contribution in [3.63, 3.8) is 0 Å². The van der Waals surface area contributed by atoms with Crippen molar-refractivity contribution >= 4 is 11.7 Å². The smallest absolute Gasteiger partial charge is 0.225 e. The molecule has 1 amide bonds. The molecule has 0 aliphatic heterocycles. The van der Waals surface area contributed by atoms with Crippen molar-refractivity contribution in [1.82, 2.24) is 5.32 Å². The Kier molecular flexibility index (Phi) is 5.13. The predicted octanol–water partition coefficient (Wildman–Crippen LogP) is 1.88. The number of hydrogen-bond acceptors (Lipinski definition) is 3. The molecule has 0 heterocycles. The highest BCUT2D eigenvalue weighted by Crippen LogP contribution is 2.13. The summed E-state index contributed by atoms with van der Waals surface area (Å²) in [6.07, 6.45) is 0.823. The summed E-state index contributed by atoms with van der Waals surface area (Å²) in [4.78, 5) is 12.2. The second-order valence-corrected chi connectivity index (χ2v) is 5.33. The lowest BCUT2D eigenvalue weighted by Gasteiger charge is -2.28. The third-order valence-corrected chi connectivity index (χ3v) is 3.65. The molecule has 0 aliphatic carbocycles. The van der Waals surface area contributed by atoms with E-state index in [0.717, 1.165) is 16.7 Å². The molecule has 0 aromatic heterocycles. The van der Waals surface area contributed by atoms with Gasteiger partial charge in [0.25, 0.3) is 0 Å². The van der Waals surface area contributed by atoms with Crippen LogP contribution >= 0.6 is 0 Å². The zero-order valence-electron chi connectivity index (χ0n) is 12.5. The van der Waals surface area contributed by atoms with Gasteiger partial charge in [0, 0.05) is 0 Å². The predicted molar refractivity (Wildman–Crippen MR) is 79.9 cm³/mol. The summed E-state index contributed by atoms with van der Waals surface area (Å²) in [6, 6.07) is 6.02. The zero-order chi connectivity index (χ0) is 15.3. The Morgan fingerprint density at radius 1 is 1.45 bits per heavy atom. The molecule has 0 saturated carbocycles. The number of amidine groups is 1. The van der Waals surface area contributed by atoms with Crippen molar-refractivity contribution in [2.45, 2.75) is 46.1 Å². The Morgan fingerprint density at radius 3 is 2.65 bits per heavy atom. The number of benzene rings is 1. The molecule has 1 unspecified atom stereocenters. The minimum Gasteiger partial charge on any atom is -0.409 e. The Labute approximate surface area is 119 Å². The number of rotatable bonds is 5. The van der Waals surface area contributed by atoms with E-state index < -0.39 is 5.54 Å². The maximum atomic E-state index is 12.2. The second kappa shape index (κ2) is 6.41. The van der Waals surface area contributed by atoms with E-state index in [1.165, 1.54) is 0 Å². The first-order valence-corrected chi connectivity index (χ1v) is 6.67. The van der Waals surface area contributed by atoms with Gasteiger partial charge >= 0.3 is 0 Å². The summed E-state index contributed by atoms with van der Waals surface area (Å²) in [5, 5.41) is 14.6. The third-order valence-electron chi connectivity index (χ3n) is 3.65. The SMILES string of the molecule is CCC(C)(NC(=O)Cc1cc(C)ccc1C)C(N)=NO. The largest absolute Gasteiger partial charge is 0.409 e. The van der Waals surface area contributed by atoms with Crippen molar-refractivity contribution in [2.24, 2.45) is 10.9 Å². The van der Waals surface area contributed by atoms with Crippen molar-refractivity contribution < 1.29 is 10.0 Å². The average molecular weight is 277 g/mol. The molecule has 0 bridgehead atoms. The van der Waals surface area contributed by atoms with E-state index in [1.807, 2.05) is 39.0 Å². The van der Waals surface area contributed by atoms with Crippen LogP contribution in [-0.4, -0.2) is 22.5 Å². The molecule has 110 valence electrons. The van der Waals surface area contributed by atoms with Gasteiger partial charge in [-0.15, -0.1) is 0 Å². The fourth-order valence-corrected chi connectivity index (χ4v) is 1.96. The van der Waals surface area contributed by atoms with Crippen LogP contribution in [0.1, 0.15) is 37.0 Å². The minimum absolute atomic E-state index is 0.00862. The second-order valence-electron chi connectivity index (χ2n) is 5.33. The molecule has 5 heteroatoms. The number of carbonyl (C=O) groups is 1. The van der Waals surface area contributed by atoms with Gasteiger partial charge in [-0.05, 0) is 38.3 Å². The van der Waals surface area contributed by atoms with E-state index in [1.54, 1.807) is 6.92 Å². The van der Waals surface area contributed by atoms with Crippen molar-refractivity contribution in [3.05, 3.63) is 34.9 Å². The summed E-state index contributed by atoms with van der Waals surface area (Å²) >= 11 is 0. The molecule has 0 spiro atoms. The van der Waals surface area contributed by atoms with Crippen molar-refractivity contribution in [1.29, 1.82) is 0 Å². The molecule has 0 radical (unpaired) electrons. The summed E-state index contributed by atoms with van der Waals surface area (Å²) in [7, 11) is 0. The molecule has 5 nitrogen and oxygen atoms in total. The van der Waals surface area contributed by atoms with Gasteiger partial charge in [0.1, 0.15) is 0 Å². The number of carbonyl (C=O) groups excluding carboxylic acids is 1. The van der Waals surface area contributed by atoms with Gasteiger partial charge in [0.2, 0.25) is 5.91 Å². The zero-order valence-corrected chi connectivity index (χ0v) is 12.5. The maximum absolute atomic E-state index is 12.2. The first-order valence-electron chi connectivity index (χ1n) is 6.67. The van der Waals surface area contributed by atoms with Crippen LogP contribution in [-0.2, 0) is 11.2 Å². The van der Waals surface area contributed by atoms with E-state index in [9.17, 15) is 4.79 Å². The van der Waals surface area contributed by atoms with Crippen molar-refractivity contribution in [2.75, 3.05) is 0 Å². The highest BCUT2D eigenvalue weighted by Gasteiger charge is 2.29. The van der Waals surface area contributed by atoms with Gasteiger partial charge in [-0.3, -0.25) is 4.79 Å². The lowest BCUT2D eigenvalue weighted by molar-refractivity contribution is -0.121. The summed E-state index contributed by atoms with van der Waals surface area (Å²) < 4.78 is 0. The van der Waals surface area contributed by atoms with E-state index in [-0.39, 0.29) is 18.2 Å². The van der Waals surface area contributed by atoms with E-state index in [0.29, 0.717) is 6.42 Å². The number of nitrogens with one attached hydrogen (secondary N) is 1. The number of amides is 1. The van der Waals surface area contributed by atoms with Crippen LogP contribution in [0.15, 0.2) is 23.4 Å². The highest BCUT2D eigenvalue weighted by atomic mass is 16.4. The molecule has 20 heavy (non-hydrogen) atoms. The molecule has 0 fully saturated rings. The van der Waals surface area contributed by atoms with Crippen LogP contribution in [0, 0.1) is 13.8 Å². The van der Waals surface area contributed by atoms with Gasteiger partial charge < -0.3 is 16.3 Å². The standard InChI is InChI=1S/C15H23N3O2/c1-5-15(4,14(16)18-20)17-13(19)9-12-8-10(2)6-7-11(12)3/h6-8,20H,5,9H2,1-4H3,(H2,16,18)(H,17,19). The van der Waals surface area contributed by atoms with E-state index >= 15 is 0 Å². The minimum atomic E-state index is -0.830. The number of hydrogen-bond donors (Lipinski definition) is 3. The normalized spacial score (nSPS) is 14.7.